The van der Waals surface area contributed by atoms with Crippen LogP contribution in [-0.2, 0) is 4.74 Å². The topological polar surface area (TPSA) is 55.5 Å². The number of methoxy groups -OCH3 is 1. The summed E-state index contributed by atoms with van der Waals surface area (Å²) >= 11 is 0. The number of rotatable bonds is 1. The van der Waals surface area contributed by atoms with Gasteiger partial charge in [0.25, 0.3) is 0 Å². The Labute approximate surface area is 123 Å². The highest BCUT2D eigenvalue weighted by atomic mass is 16.5. The molecule has 0 amide bonds. The van der Waals surface area contributed by atoms with E-state index in [1.165, 1.54) is 12.0 Å². The number of aliphatic hydroxyl groups is 1. The number of hydrogen-bond donors (Lipinski definition) is 2. The van der Waals surface area contributed by atoms with Crippen molar-refractivity contribution in [2.45, 2.75) is 70.6 Å². The summed E-state index contributed by atoms with van der Waals surface area (Å²) in [5.41, 5.74) is 7.45. The number of nitrogens with two attached hydrogens (primary N) is 1. The second-order valence-corrected chi connectivity index (χ2v) is 6.07. The van der Waals surface area contributed by atoms with Gasteiger partial charge in [-0.15, -0.1) is 0 Å². The van der Waals surface area contributed by atoms with Crippen LogP contribution in [0.25, 0.3) is 0 Å². The van der Waals surface area contributed by atoms with Crippen molar-refractivity contribution >= 4 is 0 Å². The van der Waals surface area contributed by atoms with Crippen LogP contribution >= 0.6 is 0 Å². The number of allylic oxidation sites excluding steroid dienone is 2. The van der Waals surface area contributed by atoms with Gasteiger partial charge in [0.2, 0.25) is 0 Å². The molecular formula is C17H31NO2. The predicted octanol–water partition coefficient (Wildman–Crippen LogP) is 3.18. The van der Waals surface area contributed by atoms with Gasteiger partial charge in [0, 0.05) is 19.1 Å². The maximum atomic E-state index is 10.4. The number of hydrogen-bond acceptors (Lipinski definition) is 3. The first-order valence-corrected chi connectivity index (χ1v) is 7.85. The fourth-order valence-corrected chi connectivity index (χ4v) is 2.72. The van der Waals surface area contributed by atoms with E-state index in [-0.39, 0.29) is 12.0 Å². The van der Waals surface area contributed by atoms with Crippen molar-refractivity contribution in [3.8, 4) is 0 Å². The summed E-state index contributed by atoms with van der Waals surface area (Å²) in [6.07, 6.45) is 12.1. The largest absolute Gasteiger partial charge is 0.389 e. The van der Waals surface area contributed by atoms with Gasteiger partial charge in [0.1, 0.15) is 6.10 Å². The molecule has 0 fully saturated rings. The van der Waals surface area contributed by atoms with E-state index < -0.39 is 6.10 Å². The minimum atomic E-state index is -0.497. The van der Waals surface area contributed by atoms with Crippen LogP contribution in [-0.4, -0.2) is 30.5 Å². The van der Waals surface area contributed by atoms with Crippen molar-refractivity contribution in [1.29, 1.82) is 0 Å². The lowest BCUT2D eigenvalue weighted by Crippen LogP contribution is -2.31. The van der Waals surface area contributed by atoms with Crippen molar-refractivity contribution in [3.63, 3.8) is 0 Å². The first kappa shape index (κ1) is 17.4. The molecule has 20 heavy (non-hydrogen) atoms. The molecule has 1 rings (SSSR count). The zero-order chi connectivity index (χ0) is 15.0. The van der Waals surface area contributed by atoms with Gasteiger partial charge in [-0.2, -0.15) is 0 Å². The molecule has 116 valence electrons. The molecule has 3 nitrogen and oxygen atoms in total. The van der Waals surface area contributed by atoms with Gasteiger partial charge in [-0.3, -0.25) is 0 Å². The predicted molar refractivity (Wildman–Crippen MR) is 84.5 cm³/mol. The molecule has 1 aliphatic carbocycles. The average Bonchev–Trinajstić information content (AvgIpc) is 2.43. The molecule has 0 saturated heterocycles. The lowest BCUT2D eigenvalue weighted by molar-refractivity contribution is -0.00188. The number of aliphatic hydroxyl groups excluding tert-OH is 1. The second kappa shape index (κ2) is 9.32. The molecule has 0 aromatic heterocycles. The van der Waals surface area contributed by atoms with E-state index in [9.17, 15) is 5.11 Å². The van der Waals surface area contributed by atoms with Gasteiger partial charge < -0.3 is 15.6 Å². The van der Waals surface area contributed by atoms with Crippen LogP contribution < -0.4 is 5.73 Å². The third kappa shape index (κ3) is 6.21. The molecule has 0 aromatic carbocycles. The molecule has 3 heteroatoms. The third-order valence-corrected chi connectivity index (χ3v) is 4.13. The van der Waals surface area contributed by atoms with Crippen molar-refractivity contribution < 1.29 is 9.84 Å². The van der Waals surface area contributed by atoms with Gasteiger partial charge >= 0.3 is 0 Å². The molecule has 0 heterocycles. The molecule has 3 N–H and O–H groups in total. The zero-order valence-electron chi connectivity index (χ0n) is 13.2. The highest BCUT2D eigenvalue weighted by Gasteiger charge is 2.21. The Kier molecular flexibility index (Phi) is 8.12. The van der Waals surface area contributed by atoms with Crippen LogP contribution in [0.2, 0.25) is 0 Å². The highest BCUT2D eigenvalue weighted by Crippen LogP contribution is 2.19. The Morgan fingerprint density at radius 1 is 1.30 bits per heavy atom. The van der Waals surface area contributed by atoms with E-state index in [0.29, 0.717) is 6.04 Å². The van der Waals surface area contributed by atoms with Crippen LogP contribution in [0, 0.1) is 5.92 Å². The van der Waals surface area contributed by atoms with Crippen molar-refractivity contribution in [1.82, 2.24) is 0 Å². The summed E-state index contributed by atoms with van der Waals surface area (Å²) in [5, 5.41) is 10.4. The summed E-state index contributed by atoms with van der Waals surface area (Å²) in [6.45, 7) is 4.17. The molecule has 1 unspecified atom stereocenters. The summed E-state index contributed by atoms with van der Waals surface area (Å²) in [6, 6.07) is 0.303. The van der Waals surface area contributed by atoms with E-state index in [1.54, 1.807) is 7.11 Å². The lowest BCUT2D eigenvalue weighted by atomic mass is 9.93. The van der Waals surface area contributed by atoms with Crippen LogP contribution in [0.3, 0.4) is 0 Å². The Balaban J connectivity index is 2.76. The molecule has 4 atom stereocenters. The molecule has 0 aliphatic heterocycles. The maximum Gasteiger partial charge on any atom is 0.102 e. The SMILES string of the molecule is CO[C@H]1/C=C/CCCCC(N)CC/C(C)=C\[C@@H](C)[C@@H]1O. The van der Waals surface area contributed by atoms with E-state index in [0.717, 1.165) is 32.1 Å². The molecule has 0 aromatic rings. The molecule has 1 aliphatic rings. The second-order valence-electron chi connectivity index (χ2n) is 6.07. The summed E-state index contributed by atoms with van der Waals surface area (Å²) < 4.78 is 5.40. The van der Waals surface area contributed by atoms with Gasteiger partial charge in [-0.05, 0) is 39.0 Å². The van der Waals surface area contributed by atoms with E-state index in [1.807, 2.05) is 13.0 Å². The van der Waals surface area contributed by atoms with Crippen LogP contribution in [0.15, 0.2) is 23.8 Å². The normalized spacial score (nSPS) is 38.5. The first-order valence-electron chi connectivity index (χ1n) is 7.85. The number of ether oxygens (including phenoxy) is 1. The van der Waals surface area contributed by atoms with Crippen molar-refractivity contribution in [2.75, 3.05) is 7.11 Å². The Morgan fingerprint density at radius 3 is 2.75 bits per heavy atom. The lowest BCUT2D eigenvalue weighted by Gasteiger charge is -2.23. The van der Waals surface area contributed by atoms with E-state index in [2.05, 4.69) is 19.1 Å². The Bertz CT molecular complexity index is 325. The minimum absolute atomic E-state index is 0.0868. The van der Waals surface area contributed by atoms with Gasteiger partial charge in [0.05, 0.1) is 6.10 Å². The van der Waals surface area contributed by atoms with E-state index in [4.69, 9.17) is 10.5 Å². The van der Waals surface area contributed by atoms with Gasteiger partial charge in [-0.1, -0.05) is 37.1 Å². The smallest absolute Gasteiger partial charge is 0.102 e. The van der Waals surface area contributed by atoms with Gasteiger partial charge in [0.15, 0.2) is 0 Å². The maximum absolute atomic E-state index is 10.4. The summed E-state index contributed by atoms with van der Waals surface area (Å²) in [5.74, 6) is 0.0868. The van der Waals surface area contributed by atoms with E-state index >= 15 is 0 Å². The average molecular weight is 281 g/mol. The van der Waals surface area contributed by atoms with Crippen LogP contribution in [0.5, 0.6) is 0 Å². The first-order chi connectivity index (χ1) is 9.54. The quantitative estimate of drug-likeness (QED) is 0.726. The fourth-order valence-electron chi connectivity index (χ4n) is 2.72. The minimum Gasteiger partial charge on any atom is -0.389 e. The zero-order valence-corrected chi connectivity index (χ0v) is 13.2. The van der Waals surface area contributed by atoms with Crippen LogP contribution in [0.4, 0.5) is 0 Å². The molecule has 0 bridgehead atoms. The fraction of sp³-hybridized carbons (Fsp3) is 0.765. The van der Waals surface area contributed by atoms with Crippen LogP contribution in [0.1, 0.15) is 52.4 Å². The molecule has 0 saturated carbocycles. The molecular weight excluding hydrogens is 250 g/mol. The Morgan fingerprint density at radius 2 is 2.05 bits per heavy atom. The summed E-state index contributed by atoms with van der Waals surface area (Å²) in [7, 11) is 1.66. The van der Waals surface area contributed by atoms with Crippen molar-refractivity contribution in [3.05, 3.63) is 23.8 Å². The Hall–Kier alpha value is -0.640. The summed E-state index contributed by atoms with van der Waals surface area (Å²) in [4.78, 5) is 0. The highest BCUT2D eigenvalue weighted by molar-refractivity contribution is 5.05. The van der Waals surface area contributed by atoms with Crippen molar-refractivity contribution in [2.24, 2.45) is 11.7 Å². The third-order valence-electron chi connectivity index (χ3n) is 4.13. The molecule has 0 spiro atoms. The standard InChI is InChI=1S/C17H31NO2/c1-13-10-11-15(18)8-6-4-5-7-9-16(20-3)17(19)14(2)12-13/h7,9,12,14-17,19H,4-6,8,10-11,18H2,1-3H3/b9-7+,13-12-/t14-,15?,16+,17+/m1/s1. The molecule has 0 radical (unpaired) electrons. The monoisotopic (exact) mass is 281 g/mol. The van der Waals surface area contributed by atoms with Gasteiger partial charge in [-0.25, -0.2) is 0 Å².